The van der Waals surface area contributed by atoms with Crippen molar-refractivity contribution in [3.05, 3.63) is 0 Å². The first-order valence-electron chi connectivity index (χ1n) is 6.33. The van der Waals surface area contributed by atoms with Gasteiger partial charge < -0.3 is 10.6 Å². The molecule has 1 aliphatic carbocycles. The molecular weight excluding hydrogens is 188 g/mol. The lowest BCUT2D eigenvalue weighted by Gasteiger charge is -2.22. The summed E-state index contributed by atoms with van der Waals surface area (Å²) in [6.07, 6.45) is 7.99. The lowest BCUT2D eigenvalue weighted by atomic mass is 9.95. The van der Waals surface area contributed by atoms with E-state index >= 15 is 0 Å². The molecule has 1 saturated carbocycles. The molecule has 0 aromatic rings. The van der Waals surface area contributed by atoms with Crippen molar-refractivity contribution in [2.45, 2.75) is 57.9 Å². The summed E-state index contributed by atoms with van der Waals surface area (Å²) >= 11 is 0. The van der Waals surface area contributed by atoms with Crippen LogP contribution in [0.5, 0.6) is 0 Å². The fraction of sp³-hybridized carbons (Fsp3) is 0.917. The first kappa shape index (κ1) is 12.5. The van der Waals surface area contributed by atoms with Gasteiger partial charge in [-0.15, -0.1) is 0 Å². The minimum atomic E-state index is 0.213. The highest BCUT2D eigenvalue weighted by Gasteiger charge is 2.14. The van der Waals surface area contributed by atoms with E-state index in [1.165, 1.54) is 32.1 Å². The maximum absolute atomic E-state index is 11.5. The third-order valence-electron chi connectivity index (χ3n) is 2.93. The largest absolute Gasteiger partial charge is 0.353 e. The minimum Gasteiger partial charge on any atom is -0.353 e. The van der Waals surface area contributed by atoms with Gasteiger partial charge in [0.15, 0.2) is 0 Å². The van der Waals surface area contributed by atoms with Gasteiger partial charge in [-0.05, 0) is 25.8 Å². The Balaban J connectivity index is 2.01. The van der Waals surface area contributed by atoms with Crippen molar-refractivity contribution in [2.75, 3.05) is 13.1 Å². The topological polar surface area (TPSA) is 41.1 Å². The fourth-order valence-corrected chi connectivity index (χ4v) is 2.05. The van der Waals surface area contributed by atoms with Crippen LogP contribution in [0.1, 0.15) is 51.9 Å². The molecule has 0 atom stereocenters. The third-order valence-corrected chi connectivity index (χ3v) is 2.93. The van der Waals surface area contributed by atoms with Crippen LogP contribution in [0.25, 0.3) is 0 Å². The molecule has 0 spiro atoms. The Labute approximate surface area is 93.0 Å². The zero-order valence-electron chi connectivity index (χ0n) is 9.85. The first-order chi connectivity index (χ1) is 7.33. The van der Waals surface area contributed by atoms with Crippen molar-refractivity contribution in [1.29, 1.82) is 0 Å². The monoisotopic (exact) mass is 212 g/mol. The van der Waals surface area contributed by atoms with E-state index in [-0.39, 0.29) is 5.91 Å². The minimum absolute atomic E-state index is 0.213. The van der Waals surface area contributed by atoms with Crippen molar-refractivity contribution in [3.63, 3.8) is 0 Å². The summed E-state index contributed by atoms with van der Waals surface area (Å²) in [6.45, 7) is 3.96. The Hall–Kier alpha value is -0.570. The molecule has 0 aliphatic heterocycles. The second-order valence-electron chi connectivity index (χ2n) is 4.40. The molecule has 0 aromatic heterocycles. The smallest absolute Gasteiger partial charge is 0.221 e. The number of rotatable bonds is 6. The van der Waals surface area contributed by atoms with Crippen molar-refractivity contribution >= 4 is 5.91 Å². The number of hydrogen-bond acceptors (Lipinski definition) is 2. The summed E-state index contributed by atoms with van der Waals surface area (Å²) < 4.78 is 0. The molecule has 1 fully saturated rings. The second-order valence-corrected chi connectivity index (χ2v) is 4.40. The summed E-state index contributed by atoms with van der Waals surface area (Å²) in [5.41, 5.74) is 0. The molecule has 2 N–H and O–H groups in total. The van der Waals surface area contributed by atoms with Crippen molar-refractivity contribution in [1.82, 2.24) is 10.6 Å². The van der Waals surface area contributed by atoms with E-state index in [2.05, 4.69) is 17.6 Å². The van der Waals surface area contributed by atoms with Gasteiger partial charge in [-0.1, -0.05) is 26.2 Å². The lowest BCUT2D eigenvalue weighted by molar-refractivity contribution is -0.121. The molecule has 0 bridgehead atoms. The van der Waals surface area contributed by atoms with Crippen LogP contribution in [0.15, 0.2) is 0 Å². The molecule has 0 saturated heterocycles. The van der Waals surface area contributed by atoms with E-state index in [1.807, 2.05) is 0 Å². The molecule has 1 rings (SSSR count). The molecule has 15 heavy (non-hydrogen) atoms. The van der Waals surface area contributed by atoms with E-state index in [9.17, 15) is 4.79 Å². The molecule has 3 nitrogen and oxygen atoms in total. The van der Waals surface area contributed by atoms with Crippen LogP contribution in [-0.2, 0) is 4.79 Å². The Morgan fingerprint density at radius 3 is 2.60 bits per heavy atom. The van der Waals surface area contributed by atoms with Gasteiger partial charge in [-0.2, -0.15) is 0 Å². The van der Waals surface area contributed by atoms with Crippen molar-refractivity contribution < 1.29 is 4.79 Å². The Kier molecular flexibility index (Phi) is 6.41. The summed E-state index contributed by atoms with van der Waals surface area (Å²) in [7, 11) is 0. The van der Waals surface area contributed by atoms with Crippen molar-refractivity contribution in [2.24, 2.45) is 0 Å². The van der Waals surface area contributed by atoms with Gasteiger partial charge in [0.2, 0.25) is 5.91 Å². The molecule has 3 heteroatoms. The zero-order chi connectivity index (χ0) is 10.9. The fourth-order valence-electron chi connectivity index (χ4n) is 2.05. The first-order valence-corrected chi connectivity index (χ1v) is 6.33. The van der Waals surface area contributed by atoms with Gasteiger partial charge in [0.25, 0.3) is 0 Å². The molecule has 0 radical (unpaired) electrons. The molecule has 1 aliphatic rings. The quantitative estimate of drug-likeness (QED) is 0.659. The van der Waals surface area contributed by atoms with E-state index in [4.69, 9.17) is 0 Å². The van der Waals surface area contributed by atoms with E-state index in [1.54, 1.807) is 0 Å². The number of amides is 1. The number of carbonyl (C=O) groups is 1. The van der Waals surface area contributed by atoms with Gasteiger partial charge >= 0.3 is 0 Å². The Morgan fingerprint density at radius 2 is 1.93 bits per heavy atom. The SMILES string of the molecule is CCCNCCC(=O)NC1CCCCC1. The Morgan fingerprint density at radius 1 is 1.20 bits per heavy atom. The Bertz CT molecular complexity index is 176. The lowest BCUT2D eigenvalue weighted by Crippen LogP contribution is -2.37. The van der Waals surface area contributed by atoms with Gasteiger partial charge in [-0.3, -0.25) is 4.79 Å². The van der Waals surface area contributed by atoms with Gasteiger partial charge in [-0.25, -0.2) is 0 Å². The standard InChI is InChI=1S/C12H24N2O/c1-2-9-13-10-8-12(15)14-11-6-4-3-5-7-11/h11,13H,2-10H2,1H3,(H,14,15). The highest BCUT2D eigenvalue weighted by molar-refractivity contribution is 5.76. The van der Waals surface area contributed by atoms with Gasteiger partial charge in [0, 0.05) is 19.0 Å². The zero-order valence-corrected chi connectivity index (χ0v) is 9.85. The normalized spacial score (nSPS) is 17.7. The van der Waals surface area contributed by atoms with E-state index in [0.717, 1.165) is 19.5 Å². The molecule has 0 aromatic carbocycles. The molecule has 1 amide bonds. The maximum atomic E-state index is 11.5. The number of carbonyl (C=O) groups excluding carboxylic acids is 1. The summed E-state index contributed by atoms with van der Waals surface area (Å²) in [5, 5.41) is 6.36. The molecular formula is C12H24N2O. The van der Waals surface area contributed by atoms with Crippen LogP contribution in [0.2, 0.25) is 0 Å². The third kappa shape index (κ3) is 5.78. The highest BCUT2D eigenvalue weighted by atomic mass is 16.1. The molecule has 0 unspecified atom stereocenters. The van der Waals surface area contributed by atoms with E-state index in [0.29, 0.717) is 12.5 Å². The summed E-state index contributed by atoms with van der Waals surface area (Å²) in [6, 6.07) is 0.456. The van der Waals surface area contributed by atoms with Crippen LogP contribution in [-0.4, -0.2) is 25.0 Å². The number of hydrogen-bond donors (Lipinski definition) is 2. The van der Waals surface area contributed by atoms with Crippen molar-refractivity contribution in [3.8, 4) is 0 Å². The van der Waals surface area contributed by atoms with Crippen LogP contribution in [0.4, 0.5) is 0 Å². The van der Waals surface area contributed by atoms with Gasteiger partial charge in [0.05, 0.1) is 0 Å². The maximum Gasteiger partial charge on any atom is 0.221 e. The predicted octanol–water partition coefficient (Wildman–Crippen LogP) is 1.82. The number of nitrogens with one attached hydrogen (secondary N) is 2. The molecule has 88 valence electrons. The van der Waals surface area contributed by atoms with Crippen LogP contribution in [0.3, 0.4) is 0 Å². The summed E-state index contributed by atoms with van der Waals surface area (Å²) in [4.78, 5) is 11.5. The summed E-state index contributed by atoms with van der Waals surface area (Å²) in [5.74, 6) is 0.213. The average molecular weight is 212 g/mol. The molecule has 0 heterocycles. The van der Waals surface area contributed by atoms with Crippen LogP contribution in [0, 0.1) is 0 Å². The predicted molar refractivity (Wildman–Crippen MR) is 62.8 cm³/mol. The van der Waals surface area contributed by atoms with Gasteiger partial charge in [0.1, 0.15) is 0 Å². The average Bonchev–Trinajstić information content (AvgIpc) is 2.26. The van der Waals surface area contributed by atoms with Crippen LogP contribution >= 0.6 is 0 Å². The van der Waals surface area contributed by atoms with E-state index < -0.39 is 0 Å². The second kappa shape index (κ2) is 7.69. The van der Waals surface area contributed by atoms with Crippen LogP contribution < -0.4 is 10.6 Å². The highest BCUT2D eigenvalue weighted by Crippen LogP contribution is 2.17.